The number of hydrogen-bond donors (Lipinski definition) is 0. The SMILES string of the molecule is CC(=O)N1CC(S(=O)(=O)c2ccc(F)cc2)C1. The Bertz CT molecular complexity index is 532. The van der Waals surface area contributed by atoms with Crippen molar-refractivity contribution in [3.63, 3.8) is 0 Å². The van der Waals surface area contributed by atoms with Gasteiger partial charge in [-0.2, -0.15) is 0 Å². The summed E-state index contributed by atoms with van der Waals surface area (Å²) in [6, 6.07) is 4.74. The Kier molecular flexibility index (Phi) is 2.91. The van der Waals surface area contributed by atoms with E-state index in [0.717, 1.165) is 12.1 Å². The molecular formula is C11H12FNO3S. The van der Waals surface area contributed by atoms with E-state index in [4.69, 9.17) is 0 Å². The molecule has 0 radical (unpaired) electrons. The summed E-state index contributed by atoms with van der Waals surface area (Å²) in [6.07, 6.45) is 0. The minimum Gasteiger partial charge on any atom is -0.340 e. The van der Waals surface area contributed by atoms with Gasteiger partial charge in [0.1, 0.15) is 11.1 Å². The number of rotatable bonds is 2. The van der Waals surface area contributed by atoms with Crippen LogP contribution < -0.4 is 0 Å². The van der Waals surface area contributed by atoms with Crippen LogP contribution in [0, 0.1) is 5.82 Å². The normalized spacial score (nSPS) is 16.7. The van der Waals surface area contributed by atoms with E-state index in [0.29, 0.717) is 0 Å². The fraction of sp³-hybridized carbons (Fsp3) is 0.364. The molecule has 1 heterocycles. The lowest BCUT2D eigenvalue weighted by molar-refractivity contribution is -0.131. The molecular weight excluding hydrogens is 245 g/mol. The minimum absolute atomic E-state index is 0.104. The monoisotopic (exact) mass is 257 g/mol. The Morgan fingerprint density at radius 3 is 2.29 bits per heavy atom. The second kappa shape index (κ2) is 4.10. The maximum Gasteiger partial charge on any atom is 0.219 e. The van der Waals surface area contributed by atoms with Crippen LogP contribution in [0.5, 0.6) is 0 Å². The average molecular weight is 257 g/mol. The lowest BCUT2D eigenvalue weighted by Gasteiger charge is -2.37. The van der Waals surface area contributed by atoms with Gasteiger partial charge in [0.15, 0.2) is 9.84 Å². The van der Waals surface area contributed by atoms with Crippen molar-refractivity contribution in [1.29, 1.82) is 0 Å². The van der Waals surface area contributed by atoms with Gasteiger partial charge in [-0.15, -0.1) is 0 Å². The minimum atomic E-state index is -3.45. The molecule has 0 spiro atoms. The predicted octanol–water partition coefficient (Wildman–Crippen LogP) is 0.830. The smallest absolute Gasteiger partial charge is 0.219 e. The summed E-state index contributed by atoms with van der Waals surface area (Å²) in [5.41, 5.74) is 0. The fourth-order valence-electron chi connectivity index (χ4n) is 1.71. The largest absolute Gasteiger partial charge is 0.340 e. The molecule has 1 aliphatic rings. The lowest BCUT2D eigenvalue weighted by atomic mass is 10.2. The van der Waals surface area contributed by atoms with E-state index in [-0.39, 0.29) is 23.9 Å². The molecule has 4 nitrogen and oxygen atoms in total. The molecule has 0 saturated carbocycles. The average Bonchev–Trinajstić information content (AvgIpc) is 2.14. The Labute approximate surface area is 99.0 Å². The van der Waals surface area contributed by atoms with Gasteiger partial charge in [-0.25, -0.2) is 12.8 Å². The van der Waals surface area contributed by atoms with Crippen molar-refractivity contribution in [3.05, 3.63) is 30.1 Å². The van der Waals surface area contributed by atoms with Crippen LogP contribution >= 0.6 is 0 Å². The summed E-state index contributed by atoms with van der Waals surface area (Å²) in [4.78, 5) is 12.5. The molecule has 17 heavy (non-hydrogen) atoms. The van der Waals surface area contributed by atoms with Crippen LogP contribution in [0.3, 0.4) is 0 Å². The van der Waals surface area contributed by atoms with Gasteiger partial charge < -0.3 is 4.90 Å². The Morgan fingerprint density at radius 1 is 1.29 bits per heavy atom. The van der Waals surface area contributed by atoms with Gasteiger partial charge in [-0.05, 0) is 24.3 Å². The van der Waals surface area contributed by atoms with Gasteiger partial charge in [-0.3, -0.25) is 4.79 Å². The zero-order chi connectivity index (χ0) is 12.6. The van der Waals surface area contributed by atoms with Crippen LogP contribution in [-0.4, -0.2) is 37.6 Å². The van der Waals surface area contributed by atoms with Gasteiger partial charge in [0.2, 0.25) is 5.91 Å². The zero-order valence-corrected chi connectivity index (χ0v) is 10.1. The first-order chi connectivity index (χ1) is 7.91. The van der Waals surface area contributed by atoms with Crippen molar-refractivity contribution in [1.82, 2.24) is 4.90 Å². The number of carbonyl (C=O) groups excluding carboxylic acids is 1. The number of nitrogens with zero attached hydrogens (tertiary/aromatic N) is 1. The summed E-state index contributed by atoms with van der Waals surface area (Å²) >= 11 is 0. The summed E-state index contributed by atoms with van der Waals surface area (Å²) in [7, 11) is -3.45. The molecule has 6 heteroatoms. The van der Waals surface area contributed by atoms with E-state index in [1.54, 1.807) is 0 Å². The topological polar surface area (TPSA) is 54.5 Å². The van der Waals surface area contributed by atoms with Crippen LogP contribution in [0.2, 0.25) is 0 Å². The van der Waals surface area contributed by atoms with Crippen LogP contribution in [-0.2, 0) is 14.6 Å². The van der Waals surface area contributed by atoms with Gasteiger partial charge in [0, 0.05) is 20.0 Å². The predicted molar refractivity (Wildman–Crippen MR) is 59.6 cm³/mol. The van der Waals surface area contributed by atoms with E-state index in [1.165, 1.54) is 24.0 Å². The molecule has 0 bridgehead atoms. The first-order valence-corrected chi connectivity index (χ1v) is 6.71. The van der Waals surface area contributed by atoms with Crippen molar-refractivity contribution < 1.29 is 17.6 Å². The Morgan fingerprint density at radius 2 is 1.82 bits per heavy atom. The quantitative estimate of drug-likeness (QED) is 0.737. The highest BCUT2D eigenvalue weighted by atomic mass is 32.2. The zero-order valence-electron chi connectivity index (χ0n) is 9.26. The molecule has 1 fully saturated rings. The van der Waals surface area contributed by atoms with E-state index >= 15 is 0 Å². The molecule has 1 aromatic carbocycles. The molecule has 1 saturated heterocycles. The molecule has 92 valence electrons. The van der Waals surface area contributed by atoms with E-state index in [9.17, 15) is 17.6 Å². The molecule has 1 amide bonds. The van der Waals surface area contributed by atoms with Crippen molar-refractivity contribution in [3.8, 4) is 0 Å². The van der Waals surface area contributed by atoms with Gasteiger partial charge in [-0.1, -0.05) is 0 Å². The van der Waals surface area contributed by atoms with Gasteiger partial charge in [0.05, 0.1) is 4.90 Å². The molecule has 0 N–H and O–H groups in total. The third-order valence-corrected chi connectivity index (χ3v) is 4.98. The highest BCUT2D eigenvalue weighted by molar-refractivity contribution is 7.92. The third kappa shape index (κ3) is 2.17. The summed E-state index contributed by atoms with van der Waals surface area (Å²) in [5, 5.41) is -0.572. The summed E-state index contributed by atoms with van der Waals surface area (Å²) < 4.78 is 36.8. The molecule has 2 rings (SSSR count). The van der Waals surface area contributed by atoms with Crippen molar-refractivity contribution >= 4 is 15.7 Å². The number of sulfone groups is 1. The highest BCUT2D eigenvalue weighted by Gasteiger charge is 2.39. The van der Waals surface area contributed by atoms with Crippen molar-refractivity contribution in [2.75, 3.05) is 13.1 Å². The number of benzene rings is 1. The fourth-order valence-corrected chi connectivity index (χ4v) is 3.36. The maximum atomic E-state index is 12.7. The standard InChI is InChI=1S/C11H12FNO3S/c1-8(14)13-6-11(7-13)17(15,16)10-4-2-9(12)3-5-10/h2-5,11H,6-7H2,1H3. The van der Waals surface area contributed by atoms with Crippen LogP contribution in [0.1, 0.15) is 6.92 Å². The first-order valence-electron chi connectivity index (χ1n) is 5.16. The number of hydrogen-bond acceptors (Lipinski definition) is 3. The van der Waals surface area contributed by atoms with E-state index < -0.39 is 20.9 Å². The molecule has 1 aliphatic heterocycles. The second-order valence-corrected chi connectivity index (χ2v) is 6.27. The van der Waals surface area contributed by atoms with E-state index in [2.05, 4.69) is 0 Å². The van der Waals surface area contributed by atoms with E-state index in [1.807, 2.05) is 0 Å². The molecule has 0 aliphatic carbocycles. The lowest BCUT2D eigenvalue weighted by Crippen LogP contribution is -2.56. The Balaban J connectivity index is 2.16. The van der Waals surface area contributed by atoms with Crippen molar-refractivity contribution in [2.24, 2.45) is 0 Å². The molecule has 0 aromatic heterocycles. The molecule has 0 atom stereocenters. The summed E-state index contributed by atoms with van der Waals surface area (Å²) in [5.74, 6) is -0.599. The summed E-state index contributed by atoms with van der Waals surface area (Å²) in [6.45, 7) is 1.84. The number of carbonyl (C=O) groups is 1. The third-order valence-electron chi connectivity index (χ3n) is 2.87. The number of likely N-dealkylation sites (tertiary alicyclic amines) is 1. The van der Waals surface area contributed by atoms with Crippen LogP contribution in [0.15, 0.2) is 29.2 Å². The van der Waals surface area contributed by atoms with Crippen LogP contribution in [0.25, 0.3) is 0 Å². The van der Waals surface area contributed by atoms with Gasteiger partial charge in [0.25, 0.3) is 0 Å². The van der Waals surface area contributed by atoms with Gasteiger partial charge >= 0.3 is 0 Å². The van der Waals surface area contributed by atoms with Crippen LogP contribution in [0.4, 0.5) is 4.39 Å². The maximum absolute atomic E-state index is 12.7. The van der Waals surface area contributed by atoms with Crippen molar-refractivity contribution in [2.45, 2.75) is 17.1 Å². The Hall–Kier alpha value is -1.43. The molecule has 0 unspecified atom stereocenters. The second-order valence-electron chi connectivity index (χ2n) is 4.04. The number of halogens is 1. The highest BCUT2D eigenvalue weighted by Crippen LogP contribution is 2.23. The molecule has 1 aromatic rings. The first kappa shape index (κ1) is 12.0. The number of amides is 1.